The van der Waals surface area contributed by atoms with Gasteiger partial charge < -0.3 is 5.73 Å². The van der Waals surface area contributed by atoms with Crippen LogP contribution in [0, 0.1) is 0 Å². The summed E-state index contributed by atoms with van der Waals surface area (Å²) >= 11 is 0. The zero-order valence-electron chi connectivity index (χ0n) is 19.1. The maximum Gasteiger partial charge on any atom is 0.0713 e. The first-order chi connectivity index (χ1) is 16.8. The first-order valence-electron chi connectivity index (χ1n) is 12.0. The van der Waals surface area contributed by atoms with Gasteiger partial charge in [0.1, 0.15) is 0 Å². The van der Waals surface area contributed by atoms with Crippen molar-refractivity contribution in [2.45, 2.75) is 11.8 Å². The van der Waals surface area contributed by atoms with Gasteiger partial charge in [-0.2, -0.15) is 0 Å². The Balaban J connectivity index is 1.67. The highest BCUT2D eigenvalue weighted by Crippen LogP contribution is 2.58. The van der Waals surface area contributed by atoms with E-state index < -0.39 is 0 Å². The van der Waals surface area contributed by atoms with Crippen LogP contribution in [0.1, 0.15) is 16.7 Å². The van der Waals surface area contributed by atoms with Crippen LogP contribution < -0.4 is 5.73 Å². The quantitative estimate of drug-likeness (QED) is 0.460. The second-order valence-electron chi connectivity index (χ2n) is 9.03. The van der Waals surface area contributed by atoms with Crippen LogP contribution in [0.15, 0.2) is 139 Å². The van der Waals surface area contributed by atoms with E-state index in [0.29, 0.717) is 6.54 Å². The molecule has 0 aliphatic heterocycles. The predicted molar refractivity (Wildman–Crippen MR) is 144 cm³/mol. The lowest BCUT2D eigenvalue weighted by Gasteiger charge is -2.36. The summed E-state index contributed by atoms with van der Waals surface area (Å²) in [5.74, 6) is 0. The second-order valence-corrected chi connectivity index (χ2v) is 9.03. The first-order valence-corrected chi connectivity index (χ1v) is 12.0. The largest absolute Gasteiger partial charge is 0.330 e. The minimum atomic E-state index is -0.362. The Morgan fingerprint density at radius 3 is 2.06 bits per heavy atom. The molecule has 0 heterocycles. The van der Waals surface area contributed by atoms with Crippen LogP contribution in [0.25, 0.3) is 22.3 Å². The lowest BCUT2D eigenvalue weighted by atomic mass is 9.65. The van der Waals surface area contributed by atoms with Gasteiger partial charge in [0.15, 0.2) is 0 Å². The molecule has 3 aromatic rings. The standard InChI is InChI=1S/C33H27N/c34-21-20-24-10-9-11-25(22-24)26-18-19-30-29-16-7-8-17-31(29)33(32(30)23-26)27-12-3-1-4-13-28(33)15-6-2-5-14-27/h1-19,22-23H,20-21,34H2/b3-1-,4-1?,5-2?,6-2+,12-3?,13-4-,14-5-,15-6?,27-12-,27-14?,28-13?,28-15+. The molecular weight excluding hydrogens is 410 g/mol. The highest BCUT2D eigenvalue weighted by Gasteiger charge is 2.47. The van der Waals surface area contributed by atoms with Crippen LogP contribution in [0.4, 0.5) is 0 Å². The van der Waals surface area contributed by atoms with Gasteiger partial charge >= 0.3 is 0 Å². The Kier molecular flexibility index (Phi) is 5.13. The third-order valence-electron chi connectivity index (χ3n) is 7.15. The molecule has 3 aromatic carbocycles. The molecule has 1 heteroatoms. The molecule has 2 N–H and O–H groups in total. The van der Waals surface area contributed by atoms with Crippen molar-refractivity contribution in [1.29, 1.82) is 0 Å². The minimum absolute atomic E-state index is 0.362. The van der Waals surface area contributed by atoms with Gasteiger partial charge in [0, 0.05) is 0 Å². The molecule has 1 nitrogen and oxygen atoms in total. The molecular formula is C33H27N. The highest BCUT2D eigenvalue weighted by atomic mass is 14.5. The average Bonchev–Trinajstić information content (AvgIpc) is 3.14. The zero-order valence-corrected chi connectivity index (χ0v) is 19.1. The van der Waals surface area contributed by atoms with Gasteiger partial charge in [0.05, 0.1) is 5.41 Å². The minimum Gasteiger partial charge on any atom is -0.330 e. The molecule has 1 atom stereocenters. The number of nitrogens with two attached hydrogens (primary N) is 1. The van der Waals surface area contributed by atoms with Crippen LogP contribution in [0.3, 0.4) is 0 Å². The van der Waals surface area contributed by atoms with E-state index in [0.717, 1.165) is 6.42 Å². The van der Waals surface area contributed by atoms with Crippen LogP contribution in [0.5, 0.6) is 0 Å². The van der Waals surface area contributed by atoms with Crippen molar-refractivity contribution in [3.63, 3.8) is 0 Å². The fourth-order valence-electron chi connectivity index (χ4n) is 5.70. The van der Waals surface area contributed by atoms with Crippen LogP contribution in [-0.2, 0) is 11.8 Å². The molecule has 0 saturated carbocycles. The lowest BCUT2D eigenvalue weighted by Crippen LogP contribution is -2.30. The molecule has 0 amide bonds. The van der Waals surface area contributed by atoms with Gasteiger partial charge in [0.25, 0.3) is 0 Å². The van der Waals surface area contributed by atoms with E-state index in [2.05, 4.69) is 127 Å². The zero-order chi connectivity index (χ0) is 23.0. The van der Waals surface area contributed by atoms with Gasteiger partial charge in [-0.25, -0.2) is 0 Å². The summed E-state index contributed by atoms with van der Waals surface area (Å²) in [5.41, 5.74) is 17.1. The molecule has 6 rings (SSSR count). The van der Waals surface area contributed by atoms with Crippen molar-refractivity contribution < 1.29 is 0 Å². The van der Waals surface area contributed by atoms with Crippen LogP contribution in [0.2, 0.25) is 0 Å². The summed E-state index contributed by atoms with van der Waals surface area (Å²) < 4.78 is 0. The molecule has 3 aliphatic rings. The lowest BCUT2D eigenvalue weighted by molar-refractivity contribution is 0.764. The highest BCUT2D eigenvalue weighted by molar-refractivity contribution is 5.89. The molecule has 164 valence electrons. The van der Waals surface area contributed by atoms with E-state index >= 15 is 0 Å². The smallest absolute Gasteiger partial charge is 0.0713 e. The SMILES string of the molecule is NCCc1cccc(-c2ccc3c(c2)C2(C4=C/C=C/C=C\C2=C\C=C/C=C\4)c2ccccc2-3)c1. The van der Waals surface area contributed by atoms with Crippen molar-refractivity contribution in [2.24, 2.45) is 5.73 Å². The summed E-state index contributed by atoms with van der Waals surface area (Å²) in [7, 11) is 0. The maximum atomic E-state index is 5.84. The summed E-state index contributed by atoms with van der Waals surface area (Å²) in [6, 6.07) is 24.7. The number of rotatable bonds is 3. The van der Waals surface area contributed by atoms with E-state index in [1.54, 1.807) is 0 Å². The van der Waals surface area contributed by atoms with E-state index in [9.17, 15) is 0 Å². The molecule has 3 aliphatic carbocycles. The second kappa shape index (κ2) is 8.44. The Bertz CT molecular complexity index is 1420. The normalized spacial score (nSPS) is 26.4. The molecule has 34 heavy (non-hydrogen) atoms. The molecule has 0 saturated heterocycles. The third-order valence-corrected chi connectivity index (χ3v) is 7.15. The Labute approximate surface area is 201 Å². The summed E-state index contributed by atoms with van der Waals surface area (Å²) in [6.07, 6.45) is 22.8. The third kappa shape index (κ3) is 3.13. The van der Waals surface area contributed by atoms with E-state index in [1.165, 1.54) is 50.1 Å². The topological polar surface area (TPSA) is 26.0 Å². The van der Waals surface area contributed by atoms with Crippen molar-refractivity contribution in [3.05, 3.63) is 155 Å². The van der Waals surface area contributed by atoms with Crippen LogP contribution in [-0.4, -0.2) is 6.54 Å². The average molecular weight is 438 g/mol. The summed E-state index contributed by atoms with van der Waals surface area (Å²) in [5, 5.41) is 0. The molecule has 0 aromatic heterocycles. The molecule has 1 spiro atoms. The van der Waals surface area contributed by atoms with Crippen molar-refractivity contribution in [2.75, 3.05) is 6.54 Å². The summed E-state index contributed by atoms with van der Waals surface area (Å²) in [6.45, 7) is 0.661. The van der Waals surface area contributed by atoms with Crippen molar-refractivity contribution in [1.82, 2.24) is 0 Å². The summed E-state index contributed by atoms with van der Waals surface area (Å²) in [4.78, 5) is 0. The number of hydrogen-bond donors (Lipinski definition) is 1. The van der Waals surface area contributed by atoms with E-state index in [4.69, 9.17) is 5.73 Å². The number of benzene rings is 3. The number of hydrogen-bond acceptors (Lipinski definition) is 1. The predicted octanol–water partition coefficient (Wildman–Crippen LogP) is 7.23. The van der Waals surface area contributed by atoms with Gasteiger partial charge in [-0.15, -0.1) is 0 Å². The molecule has 0 fully saturated rings. The molecule has 2 bridgehead atoms. The monoisotopic (exact) mass is 437 g/mol. The molecule has 0 radical (unpaired) electrons. The van der Waals surface area contributed by atoms with Crippen molar-refractivity contribution in [3.8, 4) is 22.3 Å². The van der Waals surface area contributed by atoms with Gasteiger partial charge in [0.2, 0.25) is 0 Å². The fraction of sp³-hybridized carbons (Fsp3) is 0.0909. The van der Waals surface area contributed by atoms with E-state index in [1.807, 2.05) is 0 Å². The fourth-order valence-corrected chi connectivity index (χ4v) is 5.70. The van der Waals surface area contributed by atoms with Crippen LogP contribution >= 0.6 is 0 Å². The Hall–Kier alpha value is -3.94. The molecule has 1 unspecified atom stereocenters. The van der Waals surface area contributed by atoms with E-state index in [-0.39, 0.29) is 5.41 Å². The van der Waals surface area contributed by atoms with Crippen molar-refractivity contribution >= 4 is 0 Å². The Morgan fingerprint density at radius 1 is 0.588 bits per heavy atom. The van der Waals surface area contributed by atoms with Gasteiger partial charge in [-0.3, -0.25) is 0 Å². The number of fused-ring (bicyclic) bond motifs is 3. The van der Waals surface area contributed by atoms with Gasteiger partial charge in [-0.1, -0.05) is 121 Å². The first kappa shape index (κ1) is 20.7. The Morgan fingerprint density at radius 2 is 1.29 bits per heavy atom. The van der Waals surface area contributed by atoms with Gasteiger partial charge in [-0.05, 0) is 69.1 Å². The maximum absolute atomic E-state index is 5.84. The number of allylic oxidation sites excluding steroid dienone is 12.